The maximum atomic E-state index is 12.2. The van der Waals surface area contributed by atoms with E-state index in [1.165, 1.54) is 6.07 Å². The van der Waals surface area contributed by atoms with Gasteiger partial charge in [-0.1, -0.05) is 6.07 Å². The van der Waals surface area contributed by atoms with Crippen molar-refractivity contribution in [1.29, 1.82) is 0 Å². The first-order chi connectivity index (χ1) is 9.03. The molecule has 0 aliphatic carbocycles. The number of thioether (sulfide) groups is 1. The van der Waals surface area contributed by atoms with Gasteiger partial charge < -0.3 is 5.11 Å². The van der Waals surface area contributed by atoms with Gasteiger partial charge in [0.15, 0.2) is 0 Å². The molecule has 0 spiro atoms. The molecule has 0 aromatic heterocycles. The Kier molecular flexibility index (Phi) is 5.30. The second-order valence-electron chi connectivity index (χ2n) is 4.41. The van der Waals surface area contributed by atoms with Gasteiger partial charge in [0.1, 0.15) is 0 Å². The molecular weight excluding hydrogens is 350 g/mol. The van der Waals surface area contributed by atoms with E-state index in [-0.39, 0.29) is 11.5 Å². The lowest BCUT2D eigenvalue weighted by atomic mass is 10.2. The number of aliphatic hydroxyl groups is 1. The maximum Gasteiger partial charge on any atom is 0.241 e. The average Bonchev–Trinajstić information content (AvgIpc) is 2.90. The van der Waals surface area contributed by atoms with Gasteiger partial charge in [0.25, 0.3) is 0 Å². The number of benzene rings is 1. The smallest absolute Gasteiger partial charge is 0.241 e. The van der Waals surface area contributed by atoms with Gasteiger partial charge in [-0.25, -0.2) is 13.1 Å². The summed E-state index contributed by atoms with van der Waals surface area (Å²) in [5.41, 5.74) is 0.582. The van der Waals surface area contributed by atoms with Gasteiger partial charge in [0, 0.05) is 16.3 Å². The minimum atomic E-state index is -3.53. The zero-order valence-corrected chi connectivity index (χ0v) is 13.5. The third kappa shape index (κ3) is 3.95. The van der Waals surface area contributed by atoms with Gasteiger partial charge in [-0.3, -0.25) is 0 Å². The van der Waals surface area contributed by atoms with Crippen LogP contribution in [0.15, 0.2) is 27.6 Å². The number of halogens is 1. The Morgan fingerprint density at radius 1 is 1.47 bits per heavy atom. The highest BCUT2D eigenvalue weighted by molar-refractivity contribution is 9.10. The standard InChI is InChI=1S/C12H16BrNO3S2/c13-11-4-3-9(8-15)6-12(11)19(16,17)14-7-10-2-1-5-18-10/h3-4,6,10,14-15H,1-2,5,7-8H2. The van der Waals surface area contributed by atoms with Crippen molar-refractivity contribution < 1.29 is 13.5 Å². The Morgan fingerprint density at radius 3 is 2.89 bits per heavy atom. The molecule has 106 valence electrons. The predicted molar refractivity (Wildman–Crippen MR) is 80.7 cm³/mol. The molecular formula is C12H16BrNO3S2. The molecule has 4 nitrogen and oxygen atoms in total. The average molecular weight is 366 g/mol. The van der Waals surface area contributed by atoms with E-state index in [2.05, 4.69) is 20.7 Å². The maximum absolute atomic E-state index is 12.2. The molecule has 1 unspecified atom stereocenters. The van der Waals surface area contributed by atoms with Crippen molar-refractivity contribution in [3.8, 4) is 0 Å². The summed E-state index contributed by atoms with van der Waals surface area (Å²) in [6.07, 6.45) is 2.21. The first kappa shape index (κ1) is 15.3. The van der Waals surface area contributed by atoms with Crippen LogP contribution in [-0.4, -0.2) is 31.1 Å². The van der Waals surface area contributed by atoms with Gasteiger partial charge in [-0.15, -0.1) is 0 Å². The second kappa shape index (κ2) is 6.58. The molecule has 0 radical (unpaired) electrons. The first-order valence-corrected chi connectivity index (χ1v) is 9.36. The molecule has 1 saturated heterocycles. The number of aliphatic hydroxyl groups excluding tert-OH is 1. The van der Waals surface area contributed by atoms with E-state index in [4.69, 9.17) is 5.11 Å². The van der Waals surface area contributed by atoms with Gasteiger partial charge in [-0.05, 0) is 52.2 Å². The third-order valence-corrected chi connectivity index (χ3v) is 6.81. The van der Waals surface area contributed by atoms with Crippen LogP contribution in [0.1, 0.15) is 18.4 Å². The predicted octanol–water partition coefficient (Wildman–Crippen LogP) is 2.12. The SMILES string of the molecule is O=S(=O)(NCC1CCCS1)c1cc(CO)ccc1Br. The molecule has 0 amide bonds. The Labute approximate surface area is 126 Å². The fourth-order valence-corrected chi connectivity index (χ4v) is 5.34. The number of rotatable bonds is 5. The molecule has 1 aliphatic rings. The summed E-state index contributed by atoms with van der Waals surface area (Å²) in [5.74, 6) is 1.11. The lowest BCUT2D eigenvalue weighted by Crippen LogP contribution is -2.30. The number of hydrogen-bond acceptors (Lipinski definition) is 4. The molecule has 1 aromatic carbocycles. The quantitative estimate of drug-likeness (QED) is 0.838. The van der Waals surface area contributed by atoms with Crippen LogP contribution in [0.3, 0.4) is 0 Å². The number of sulfonamides is 1. The van der Waals surface area contributed by atoms with Crippen molar-refractivity contribution in [2.75, 3.05) is 12.3 Å². The highest BCUT2D eigenvalue weighted by atomic mass is 79.9. The van der Waals surface area contributed by atoms with E-state index in [9.17, 15) is 8.42 Å². The highest BCUT2D eigenvalue weighted by Crippen LogP contribution is 2.27. The van der Waals surface area contributed by atoms with Crippen LogP contribution in [0.25, 0.3) is 0 Å². The topological polar surface area (TPSA) is 66.4 Å². The summed E-state index contributed by atoms with van der Waals surface area (Å²) >= 11 is 5.05. The number of nitrogens with one attached hydrogen (secondary N) is 1. The molecule has 1 aromatic rings. The monoisotopic (exact) mass is 365 g/mol. The van der Waals surface area contributed by atoms with Gasteiger partial charge in [0.2, 0.25) is 10.0 Å². The zero-order valence-electron chi connectivity index (χ0n) is 10.3. The van der Waals surface area contributed by atoms with Crippen molar-refractivity contribution in [2.24, 2.45) is 0 Å². The summed E-state index contributed by atoms with van der Waals surface area (Å²) < 4.78 is 27.7. The van der Waals surface area contributed by atoms with Crippen molar-refractivity contribution in [3.05, 3.63) is 28.2 Å². The van der Waals surface area contributed by atoms with E-state index in [1.54, 1.807) is 12.1 Å². The van der Waals surface area contributed by atoms with Crippen LogP contribution >= 0.6 is 27.7 Å². The molecule has 19 heavy (non-hydrogen) atoms. The van der Waals surface area contributed by atoms with Crippen LogP contribution in [0.2, 0.25) is 0 Å². The molecule has 1 heterocycles. The minimum Gasteiger partial charge on any atom is -0.392 e. The summed E-state index contributed by atoms with van der Waals surface area (Å²) in [6.45, 7) is 0.289. The molecule has 1 fully saturated rings. The zero-order chi connectivity index (χ0) is 13.9. The Bertz CT molecular complexity index is 542. The van der Waals surface area contributed by atoms with E-state index in [0.29, 0.717) is 21.8 Å². The fourth-order valence-electron chi connectivity index (χ4n) is 1.94. The van der Waals surface area contributed by atoms with E-state index in [1.807, 2.05) is 11.8 Å². The lowest BCUT2D eigenvalue weighted by Gasteiger charge is -2.12. The molecule has 0 bridgehead atoms. The van der Waals surface area contributed by atoms with Gasteiger partial charge in [-0.2, -0.15) is 11.8 Å². The van der Waals surface area contributed by atoms with Crippen molar-refractivity contribution in [1.82, 2.24) is 4.72 Å². The summed E-state index contributed by atoms with van der Waals surface area (Å²) in [7, 11) is -3.53. The van der Waals surface area contributed by atoms with Crippen LogP contribution in [0, 0.1) is 0 Å². The molecule has 1 aliphatic heterocycles. The molecule has 1 atom stereocenters. The molecule has 2 rings (SSSR count). The highest BCUT2D eigenvalue weighted by Gasteiger charge is 2.22. The third-order valence-electron chi connectivity index (χ3n) is 2.99. The largest absolute Gasteiger partial charge is 0.392 e. The fraction of sp³-hybridized carbons (Fsp3) is 0.500. The minimum absolute atomic E-state index is 0.172. The Morgan fingerprint density at radius 2 is 2.26 bits per heavy atom. The van der Waals surface area contributed by atoms with Crippen LogP contribution < -0.4 is 4.72 Å². The summed E-state index contributed by atoms with van der Waals surface area (Å²) in [6, 6.07) is 4.83. The lowest BCUT2D eigenvalue weighted by molar-refractivity contribution is 0.281. The van der Waals surface area contributed by atoms with Crippen molar-refractivity contribution >= 4 is 37.7 Å². The van der Waals surface area contributed by atoms with E-state index < -0.39 is 10.0 Å². The summed E-state index contributed by atoms with van der Waals surface area (Å²) in [5, 5.41) is 9.46. The second-order valence-corrected chi connectivity index (χ2v) is 8.41. The normalized spacial score (nSPS) is 19.8. The van der Waals surface area contributed by atoms with Crippen LogP contribution in [-0.2, 0) is 16.6 Å². The Hall–Kier alpha value is -0.0800. The van der Waals surface area contributed by atoms with Crippen LogP contribution in [0.4, 0.5) is 0 Å². The molecule has 0 saturated carbocycles. The molecule has 7 heteroatoms. The van der Waals surface area contributed by atoms with Crippen molar-refractivity contribution in [2.45, 2.75) is 29.6 Å². The number of hydrogen-bond donors (Lipinski definition) is 2. The van der Waals surface area contributed by atoms with Crippen molar-refractivity contribution in [3.63, 3.8) is 0 Å². The summed E-state index contributed by atoms with van der Waals surface area (Å²) in [4.78, 5) is 0.182. The van der Waals surface area contributed by atoms with Crippen LogP contribution in [0.5, 0.6) is 0 Å². The van der Waals surface area contributed by atoms with E-state index >= 15 is 0 Å². The molecule has 2 N–H and O–H groups in total. The van der Waals surface area contributed by atoms with Gasteiger partial charge >= 0.3 is 0 Å². The van der Waals surface area contributed by atoms with E-state index in [0.717, 1.165) is 18.6 Å². The Balaban J connectivity index is 2.13. The van der Waals surface area contributed by atoms with Gasteiger partial charge in [0.05, 0.1) is 11.5 Å². The first-order valence-electron chi connectivity index (χ1n) is 6.03.